The molecule has 0 radical (unpaired) electrons. The van der Waals surface area contributed by atoms with Crippen molar-refractivity contribution in [1.82, 2.24) is 5.32 Å². The summed E-state index contributed by atoms with van der Waals surface area (Å²) in [7, 11) is 0. The molecule has 18 heavy (non-hydrogen) atoms. The molecule has 0 heterocycles. The Hall–Kier alpha value is -1.35. The van der Waals surface area contributed by atoms with E-state index in [1.54, 1.807) is 6.08 Å². The maximum absolute atomic E-state index is 13.4. The molecule has 0 aromatic heterocycles. The van der Waals surface area contributed by atoms with Crippen LogP contribution in [0.1, 0.15) is 26.3 Å². The van der Waals surface area contributed by atoms with Crippen molar-refractivity contribution in [3.63, 3.8) is 0 Å². The molecule has 0 aliphatic rings. The highest BCUT2D eigenvalue weighted by molar-refractivity contribution is 5.30. The van der Waals surface area contributed by atoms with Gasteiger partial charge in [-0.05, 0) is 37.1 Å². The van der Waals surface area contributed by atoms with Crippen molar-refractivity contribution in [2.24, 2.45) is 5.92 Å². The minimum atomic E-state index is -0.273. The minimum Gasteiger partial charge on any atom is -0.487 e. The molecular weight excluding hydrogens is 229 g/mol. The van der Waals surface area contributed by atoms with E-state index in [-0.39, 0.29) is 11.9 Å². The molecular formula is C15H22FNO. The van der Waals surface area contributed by atoms with Gasteiger partial charge in [-0.15, -0.1) is 0 Å². The Morgan fingerprint density at radius 1 is 1.33 bits per heavy atom. The van der Waals surface area contributed by atoms with Crippen molar-refractivity contribution in [2.45, 2.75) is 33.4 Å². The molecule has 0 amide bonds. The molecule has 1 aromatic rings. The monoisotopic (exact) mass is 251 g/mol. The zero-order valence-corrected chi connectivity index (χ0v) is 11.4. The predicted octanol–water partition coefficient (Wildman–Crippen LogP) is 3.52. The number of hydrogen-bond donors (Lipinski definition) is 1. The van der Waals surface area contributed by atoms with E-state index in [2.05, 4.69) is 25.7 Å². The van der Waals surface area contributed by atoms with Crippen LogP contribution in [0.4, 0.5) is 4.39 Å². The van der Waals surface area contributed by atoms with Crippen molar-refractivity contribution in [1.29, 1.82) is 0 Å². The second kappa shape index (κ2) is 7.17. The highest BCUT2D eigenvalue weighted by Crippen LogP contribution is 2.18. The van der Waals surface area contributed by atoms with Crippen LogP contribution < -0.4 is 10.1 Å². The lowest BCUT2D eigenvalue weighted by atomic mass is 10.2. The number of nitrogens with one attached hydrogen (secondary N) is 1. The average Bonchev–Trinajstić information content (AvgIpc) is 2.27. The van der Waals surface area contributed by atoms with Crippen LogP contribution in [0.2, 0.25) is 0 Å². The molecule has 0 aliphatic carbocycles. The summed E-state index contributed by atoms with van der Waals surface area (Å²) in [6.45, 7) is 11.3. The van der Waals surface area contributed by atoms with Crippen LogP contribution in [-0.4, -0.2) is 12.6 Å². The van der Waals surface area contributed by atoms with Crippen molar-refractivity contribution < 1.29 is 9.13 Å². The van der Waals surface area contributed by atoms with Gasteiger partial charge in [-0.1, -0.05) is 26.5 Å². The van der Waals surface area contributed by atoms with E-state index in [1.807, 2.05) is 13.0 Å². The molecule has 0 spiro atoms. The number of halogens is 1. The van der Waals surface area contributed by atoms with Gasteiger partial charge in [-0.3, -0.25) is 0 Å². The zero-order valence-electron chi connectivity index (χ0n) is 11.4. The van der Waals surface area contributed by atoms with Crippen molar-refractivity contribution >= 4 is 0 Å². The number of ether oxygens (including phenoxy) is 1. The third kappa shape index (κ3) is 5.32. The maximum atomic E-state index is 13.4. The summed E-state index contributed by atoms with van der Waals surface area (Å²) in [6.07, 6.45) is 1.56. The Labute approximate surface area is 109 Å². The van der Waals surface area contributed by atoms with Crippen LogP contribution in [0.5, 0.6) is 5.75 Å². The molecule has 1 rings (SSSR count). The molecule has 100 valence electrons. The quantitative estimate of drug-likeness (QED) is 0.749. The summed E-state index contributed by atoms with van der Waals surface area (Å²) in [4.78, 5) is 0. The molecule has 2 nitrogen and oxygen atoms in total. The average molecular weight is 251 g/mol. The van der Waals surface area contributed by atoms with Crippen molar-refractivity contribution in [2.75, 3.05) is 6.54 Å². The summed E-state index contributed by atoms with van der Waals surface area (Å²) in [5, 5.41) is 3.28. The first-order chi connectivity index (χ1) is 8.51. The van der Waals surface area contributed by atoms with E-state index < -0.39 is 0 Å². The molecule has 1 aromatic carbocycles. The normalized spacial score (nSPS) is 12.5. The molecule has 0 fully saturated rings. The van der Waals surface area contributed by atoms with Crippen LogP contribution in [0.15, 0.2) is 30.9 Å². The zero-order chi connectivity index (χ0) is 13.5. The van der Waals surface area contributed by atoms with Gasteiger partial charge in [0.05, 0.1) is 0 Å². The summed E-state index contributed by atoms with van der Waals surface area (Å²) in [5.41, 5.74) is 0.891. The maximum Gasteiger partial charge on any atom is 0.127 e. The SMILES string of the molecule is C=CC(C)Oc1cc(F)cc(CNCC(C)C)c1. The van der Waals surface area contributed by atoms with Gasteiger partial charge in [0.1, 0.15) is 17.7 Å². The van der Waals surface area contributed by atoms with Gasteiger partial charge >= 0.3 is 0 Å². The fraction of sp³-hybridized carbons (Fsp3) is 0.467. The molecule has 0 aliphatic heterocycles. The fourth-order valence-electron chi connectivity index (χ4n) is 1.56. The standard InChI is InChI=1S/C15H22FNO/c1-5-12(4)18-15-7-13(6-14(16)8-15)10-17-9-11(2)3/h5-8,11-12,17H,1,9-10H2,2-4H3. The van der Waals surface area contributed by atoms with E-state index in [0.29, 0.717) is 18.2 Å². The van der Waals surface area contributed by atoms with Crippen LogP contribution in [0.3, 0.4) is 0 Å². The first kappa shape index (κ1) is 14.7. The van der Waals surface area contributed by atoms with Gasteiger partial charge in [-0.2, -0.15) is 0 Å². The molecule has 0 saturated heterocycles. The van der Waals surface area contributed by atoms with Crippen molar-refractivity contribution in [3.05, 3.63) is 42.2 Å². The molecule has 1 N–H and O–H groups in total. The van der Waals surface area contributed by atoms with Crippen molar-refractivity contribution in [3.8, 4) is 5.75 Å². The molecule has 0 bridgehead atoms. The Bertz CT molecular complexity index is 390. The second-order valence-electron chi connectivity index (χ2n) is 4.88. The molecule has 1 atom stereocenters. The first-order valence-corrected chi connectivity index (χ1v) is 6.30. The lowest BCUT2D eigenvalue weighted by molar-refractivity contribution is 0.268. The smallest absolute Gasteiger partial charge is 0.127 e. The molecule has 3 heteroatoms. The lowest BCUT2D eigenvalue weighted by Gasteiger charge is -2.13. The minimum absolute atomic E-state index is 0.122. The highest BCUT2D eigenvalue weighted by atomic mass is 19.1. The number of rotatable bonds is 7. The van der Waals surface area contributed by atoms with Gasteiger partial charge in [0, 0.05) is 12.6 Å². The summed E-state index contributed by atoms with van der Waals surface area (Å²) >= 11 is 0. The Morgan fingerprint density at radius 3 is 2.67 bits per heavy atom. The van der Waals surface area contributed by atoms with Crippen LogP contribution in [0.25, 0.3) is 0 Å². The predicted molar refractivity (Wildman–Crippen MR) is 73.2 cm³/mol. The van der Waals surface area contributed by atoms with E-state index in [4.69, 9.17) is 4.74 Å². The van der Waals surface area contributed by atoms with E-state index in [1.165, 1.54) is 12.1 Å². The molecule has 0 saturated carbocycles. The Morgan fingerprint density at radius 2 is 2.06 bits per heavy atom. The van der Waals surface area contributed by atoms with Gasteiger partial charge in [0.2, 0.25) is 0 Å². The Balaban J connectivity index is 2.65. The third-order valence-corrected chi connectivity index (χ3v) is 2.47. The first-order valence-electron chi connectivity index (χ1n) is 6.30. The van der Waals surface area contributed by atoms with Crippen LogP contribution in [-0.2, 0) is 6.54 Å². The second-order valence-corrected chi connectivity index (χ2v) is 4.88. The largest absolute Gasteiger partial charge is 0.487 e. The van der Waals surface area contributed by atoms with Gasteiger partial charge < -0.3 is 10.1 Å². The Kier molecular flexibility index (Phi) is 5.86. The summed E-state index contributed by atoms with van der Waals surface area (Å²) in [6, 6.07) is 4.78. The van der Waals surface area contributed by atoms with Crippen LogP contribution in [0, 0.1) is 11.7 Å². The fourth-order valence-corrected chi connectivity index (χ4v) is 1.56. The highest BCUT2D eigenvalue weighted by Gasteiger charge is 2.04. The summed E-state index contributed by atoms with van der Waals surface area (Å²) < 4.78 is 19.0. The van der Waals surface area contributed by atoms with E-state index in [0.717, 1.165) is 12.1 Å². The topological polar surface area (TPSA) is 21.3 Å². The van der Waals surface area contributed by atoms with Crippen LogP contribution >= 0.6 is 0 Å². The van der Waals surface area contributed by atoms with Gasteiger partial charge in [0.15, 0.2) is 0 Å². The molecule has 1 unspecified atom stereocenters. The number of benzene rings is 1. The van der Waals surface area contributed by atoms with E-state index in [9.17, 15) is 4.39 Å². The lowest BCUT2D eigenvalue weighted by Crippen LogP contribution is -2.19. The van der Waals surface area contributed by atoms with Gasteiger partial charge in [0.25, 0.3) is 0 Å². The number of hydrogen-bond acceptors (Lipinski definition) is 2. The van der Waals surface area contributed by atoms with E-state index >= 15 is 0 Å². The third-order valence-electron chi connectivity index (χ3n) is 2.47. The van der Waals surface area contributed by atoms with Gasteiger partial charge in [-0.25, -0.2) is 4.39 Å². The summed E-state index contributed by atoms with van der Waals surface area (Å²) in [5.74, 6) is 0.851.